The number of carboxylic acids is 1. The van der Waals surface area contributed by atoms with Crippen LogP contribution in [0.5, 0.6) is 0 Å². The van der Waals surface area contributed by atoms with Crippen LogP contribution in [0.4, 0.5) is 4.79 Å². The van der Waals surface area contributed by atoms with Gasteiger partial charge in [0.05, 0.1) is 6.42 Å². The minimum absolute atomic E-state index is 0.000280. The Bertz CT molecular complexity index is 560. The first-order valence-electron chi connectivity index (χ1n) is 7.05. The monoisotopic (exact) mass is 291 g/mol. The number of amides is 1. The first kappa shape index (κ1) is 15.4. The van der Waals surface area contributed by atoms with Crippen molar-refractivity contribution >= 4 is 12.1 Å². The molecule has 0 bridgehead atoms. The summed E-state index contributed by atoms with van der Waals surface area (Å²) in [5, 5.41) is 8.85. The van der Waals surface area contributed by atoms with Gasteiger partial charge in [0.1, 0.15) is 5.60 Å². The SMILES string of the molecule is CC(C)(C)OC(=O)N1CCc2ccc(CC(=O)O)cc2C1. The highest BCUT2D eigenvalue weighted by atomic mass is 16.6. The van der Waals surface area contributed by atoms with Crippen molar-refractivity contribution < 1.29 is 19.4 Å². The number of aliphatic carboxylic acids is 1. The summed E-state index contributed by atoms with van der Waals surface area (Å²) >= 11 is 0. The van der Waals surface area contributed by atoms with Crippen LogP contribution in [0.15, 0.2) is 18.2 Å². The molecule has 0 unspecified atom stereocenters. The van der Waals surface area contributed by atoms with E-state index in [0.29, 0.717) is 13.1 Å². The largest absolute Gasteiger partial charge is 0.481 e. The van der Waals surface area contributed by atoms with Crippen LogP contribution in [-0.4, -0.2) is 34.2 Å². The lowest BCUT2D eigenvalue weighted by Gasteiger charge is -2.31. The van der Waals surface area contributed by atoms with Crippen LogP contribution in [0.1, 0.15) is 37.5 Å². The van der Waals surface area contributed by atoms with Crippen molar-refractivity contribution in [2.45, 2.75) is 45.8 Å². The van der Waals surface area contributed by atoms with Crippen LogP contribution in [0, 0.1) is 0 Å². The Labute approximate surface area is 124 Å². The van der Waals surface area contributed by atoms with Gasteiger partial charge in [-0.3, -0.25) is 4.79 Å². The second-order valence-corrected chi connectivity index (χ2v) is 6.33. The van der Waals surface area contributed by atoms with Crippen molar-refractivity contribution in [3.63, 3.8) is 0 Å². The molecule has 0 atom stereocenters. The van der Waals surface area contributed by atoms with Crippen LogP contribution >= 0.6 is 0 Å². The Morgan fingerprint density at radius 2 is 2.00 bits per heavy atom. The number of rotatable bonds is 2. The molecule has 21 heavy (non-hydrogen) atoms. The summed E-state index contributed by atoms with van der Waals surface area (Å²) < 4.78 is 5.38. The highest BCUT2D eigenvalue weighted by Crippen LogP contribution is 2.22. The number of ether oxygens (including phenoxy) is 1. The predicted molar refractivity (Wildman–Crippen MR) is 78.1 cm³/mol. The topological polar surface area (TPSA) is 66.8 Å². The van der Waals surface area contributed by atoms with Crippen LogP contribution in [0.2, 0.25) is 0 Å². The second kappa shape index (κ2) is 5.76. The fourth-order valence-corrected chi connectivity index (χ4v) is 2.38. The molecule has 1 aromatic rings. The molecule has 1 aromatic carbocycles. The van der Waals surface area contributed by atoms with Crippen molar-refractivity contribution in [3.8, 4) is 0 Å². The van der Waals surface area contributed by atoms with E-state index in [1.807, 2.05) is 39.0 Å². The number of hydrogen-bond donors (Lipinski definition) is 1. The molecule has 0 aromatic heterocycles. The number of fused-ring (bicyclic) bond motifs is 1. The number of carboxylic acid groups (broad SMARTS) is 1. The van der Waals surface area contributed by atoms with Crippen LogP contribution in [0.3, 0.4) is 0 Å². The lowest BCUT2D eigenvalue weighted by Crippen LogP contribution is -2.39. The molecule has 1 aliphatic rings. The lowest BCUT2D eigenvalue weighted by molar-refractivity contribution is -0.136. The third kappa shape index (κ3) is 4.21. The highest BCUT2D eigenvalue weighted by Gasteiger charge is 2.25. The van der Waals surface area contributed by atoms with Crippen molar-refractivity contribution in [1.29, 1.82) is 0 Å². The zero-order chi connectivity index (χ0) is 15.6. The Kier molecular flexibility index (Phi) is 4.21. The van der Waals surface area contributed by atoms with Crippen molar-refractivity contribution in [2.24, 2.45) is 0 Å². The first-order chi connectivity index (χ1) is 9.74. The van der Waals surface area contributed by atoms with Gasteiger partial charge in [0.2, 0.25) is 0 Å². The summed E-state index contributed by atoms with van der Waals surface area (Å²) in [5.41, 5.74) is 2.42. The molecule has 1 heterocycles. The Balaban J connectivity index is 2.11. The van der Waals surface area contributed by atoms with Gasteiger partial charge >= 0.3 is 12.1 Å². The molecule has 0 fully saturated rings. The Morgan fingerprint density at radius 1 is 1.29 bits per heavy atom. The van der Waals surface area contributed by atoms with E-state index in [1.54, 1.807) is 4.90 Å². The van der Waals surface area contributed by atoms with Crippen molar-refractivity contribution in [1.82, 2.24) is 4.90 Å². The van der Waals surface area contributed by atoms with Crippen LogP contribution in [-0.2, 0) is 28.9 Å². The van der Waals surface area contributed by atoms with E-state index < -0.39 is 11.6 Å². The number of carbonyl (C=O) groups excluding carboxylic acids is 1. The van der Waals surface area contributed by atoms with Gasteiger partial charge in [-0.25, -0.2) is 4.79 Å². The van der Waals surface area contributed by atoms with E-state index in [-0.39, 0.29) is 12.5 Å². The zero-order valence-electron chi connectivity index (χ0n) is 12.7. The second-order valence-electron chi connectivity index (χ2n) is 6.33. The quantitative estimate of drug-likeness (QED) is 0.909. The van der Waals surface area contributed by atoms with Crippen molar-refractivity contribution in [2.75, 3.05) is 6.54 Å². The maximum atomic E-state index is 12.1. The zero-order valence-corrected chi connectivity index (χ0v) is 12.7. The van der Waals surface area contributed by atoms with E-state index in [4.69, 9.17) is 9.84 Å². The van der Waals surface area contributed by atoms with Gasteiger partial charge in [-0.15, -0.1) is 0 Å². The van der Waals surface area contributed by atoms with Gasteiger partial charge in [-0.2, -0.15) is 0 Å². The summed E-state index contributed by atoms with van der Waals surface area (Å²) in [7, 11) is 0. The maximum absolute atomic E-state index is 12.1. The van der Waals surface area contributed by atoms with Gasteiger partial charge < -0.3 is 14.7 Å². The standard InChI is InChI=1S/C16H21NO4/c1-16(2,3)21-15(20)17-7-6-12-5-4-11(9-14(18)19)8-13(12)10-17/h4-5,8H,6-7,9-10H2,1-3H3,(H,18,19). The minimum Gasteiger partial charge on any atom is -0.481 e. The number of benzene rings is 1. The number of hydrogen-bond acceptors (Lipinski definition) is 3. The lowest BCUT2D eigenvalue weighted by atomic mass is 9.96. The summed E-state index contributed by atoms with van der Waals surface area (Å²) in [6, 6.07) is 5.68. The maximum Gasteiger partial charge on any atom is 0.410 e. The van der Waals surface area contributed by atoms with E-state index in [9.17, 15) is 9.59 Å². The van der Waals surface area contributed by atoms with E-state index in [1.165, 1.54) is 5.56 Å². The minimum atomic E-state index is -0.852. The molecule has 0 saturated carbocycles. The van der Waals surface area contributed by atoms with Crippen LogP contribution < -0.4 is 0 Å². The highest BCUT2D eigenvalue weighted by molar-refractivity contribution is 5.71. The third-order valence-electron chi connectivity index (χ3n) is 3.29. The molecular formula is C16H21NO4. The first-order valence-corrected chi connectivity index (χ1v) is 7.05. The summed E-state index contributed by atoms with van der Waals surface area (Å²) in [6.07, 6.45) is 0.443. The van der Waals surface area contributed by atoms with E-state index in [0.717, 1.165) is 17.5 Å². The smallest absolute Gasteiger partial charge is 0.410 e. The molecule has 1 N–H and O–H groups in total. The predicted octanol–water partition coefficient (Wildman–Crippen LogP) is 2.61. The molecule has 0 radical (unpaired) electrons. The van der Waals surface area contributed by atoms with E-state index in [2.05, 4.69) is 0 Å². The van der Waals surface area contributed by atoms with Gasteiger partial charge in [-0.1, -0.05) is 18.2 Å². The molecule has 0 saturated heterocycles. The molecule has 0 spiro atoms. The number of carbonyl (C=O) groups is 2. The fraction of sp³-hybridized carbons (Fsp3) is 0.500. The Morgan fingerprint density at radius 3 is 2.62 bits per heavy atom. The third-order valence-corrected chi connectivity index (χ3v) is 3.29. The van der Waals surface area contributed by atoms with Gasteiger partial charge in [0.15, 0.2) is 0 Å². The summed E-state index contributed by atoms with van der Waals surface area (Å²) in [4.78, 5) is 24.5. The molecule has 1 amide bonds. The summed E-state index contributed by atoms with van der Waals surface area (Å²) in [5.74, 6) is -0.852. The molecule has 5 nitrogen and oxygen atoms in total. The van der Waals surface area contributed by atoms with Gasteiger partial charge in [0.25, 0.3) is 0 Å². The normalized spacial score (nSPS) is 14.5. The van der Waals surface area contributed by atoms with E-state index >= 15 is 0 Å². The molecule has 1 aliphatic heterocycles. The Hall–Kier alpha value is -2.04. The fourth-order valence-electron chi connectivity index (χ4n) is 2.38. The van der Waals surface area contributed by atoms with Gasteiger partial charge in [0, 0.05) is 13.1 Å². The molecule has 0 aliphatic carbocycles. The van der Waals surface area contributed by atoms with Crippen molar-refractivity contribution in [3.05, 3.63) is 34.9 Å². The molecular weight excluding hydrogens is 270 g/mol. The average Bonchev–Trinajstić information content (AvgIpc) is 2.35. The summed E-state index contributed by atoms with van der Waals surface area (Å²) in [6.45, 7) is 6.62. The molecule has 5 heteroatoms. The average molecular weight is 291 g/mol. The van der Waals surface area contributed by atoms with Gasteiger partial charge in [-0.05, 0) is 43.9 Å². The number of nitrogens with zero attached hydrogens (tertiary/aromatic N) is 1. The molecule has 114 valence electrons. The van der Waals surface area contributed by atoms with Crippen LogP contribution in [0.25, 0.3) is 0 Å². The molecule has 2 rings (SSSR count).